The molecular formula is C13H20F3NO3. The highest BCUT2D eigenvalue weighted by molar-refractivity contribution is 5.84. The molecule has 0 bridgehead atoms. The van der Waals surface area contributed by atoms with Crippen LogP contribution in [0.3, 0.4) is 0 Å². The van der Waals surface area contributed by atoms with Crippen LogP contribution in [0.1, 0.15) is 46.0 Å². The molecule has 0 radical (unpaired) electrons. The van der Waals surface area contributed by atoms with Gasteiger partial charge >= 0.3 is 12.1 Å². The number of hydrogen-bond acceptors (Lipinski definition) is 2. The van der Waals surface area contributed by atoms with Crippen LogP contribution in [0.4, 0.5) is 13.2 Å². The number of nitrogens with one attached hydrogen (secondary N) is 1. The van der Waals surface area contributed by atoms with Crippen LogP contribution < -0.4 is 5.32 Å². The molecule has 2 unspecified atom stereocenters. The summed E-state index contributed by atoms with van der Waals surface area (Å²) in [6.45, 7) is 2.74. The van der Waals surface area contributed by atoms with E-state index in [1.807, 2.05) is 0 Å². The maximum absolute atomic E-state index is 12.9. The first-order valence-corrected chi connectivity index (χ1v) is 6.63. The Kier molecular flexibility index (Phi) is 5.05. The molecule has 0 aromatic heterocycles. The van der Waals surface area contributed by atoms with Gasteiger partial charge in [0.15, 0.2) is 0 Å². The lowest BCUT2D eigenvalue weighted by molar-refractivity contribution is -0.189. The van der Waals surface area contributed by atoms with Gasteiger partial charge in [-0.2, -0.15) is 13.2 Å². The fraction of sp³-hybridized carbons (Fsp3) is 0.846. The Labute approximate surface area is 115 Å². The van der Waals surface area contributed by atoms with Crippen molar-refractivity contribution in [3.05, 3.63) is 0 Å². The Hall–Kier alpha value is -1.27. The number of alkyl halides is 3. The first-order chi connectivity index (χ1) is 9.04. The van der Waals surface area contributed by atoms with Crippen LogP contribution in [-0.4, -0.2) is 29.2 Å². The number of carboxylic acids is 1. The number of carbonyl (C=O) groups is 2. The van der Waals surface area contributed by atoms with E-state index in [9.17, 15) is 22.8 Å². The monoisotopic (exact) mass is 295 g/mol. The van der Waals surface area contributed by atoms with Crippen LogP contribution in [0, 0.1) is 11.3 Å². The van der Waals surface area contributed by atoms with Crippen molar-refractivity contribution >= 4 is 11.9 Å². The van der Waals surface area contributed by atoms with E-state index in [0.29, 0.717) is 12.8 Å². The topological polar surface area (TPSA) is 66.4 Å². The molecule has 4 nitrogen and oxygen atoms in total. The van der Waals surface area contributed by atoms with Gasteiger partial charge in [0.05, 0.1) is 11.3 Å². The summed E-state index contributed by atoms with van der Waals surface area (Å²) in [6.07, 6.45) is -3.23. The van der Waals surface area contributed by atoms with Crippen molar-refractivity contribution in [2.24, 2.45) is 11.3 Å². The smallest absolute Gasteiger partial charge is 0.393 e. The zero-order valence-corrected chi connectivity index (χ0v) is 11.6. The van der Waals surface area contributed by atoms with E-state index in [0.717, 1.165) is 0 Å². The molecule has 1 aliphatic carbocycles. The number of amides is 1. The highest BCUT2D eigenvalue weighted by atomic mass is 19.4. The largest absolute Gasteiger partial charge is 0.481 e. The fourth-order valence-corrected chi connectivity index (χ4v) is 2.43. The third-order valence-corrected chi connectivity index (χ3v) is 3.71. The van der Waals surface area contributed by atoms with Gasteiger partial charge in [0.1, 0.15) is 0 Å². The first-order valence-electron chi connectivity index (χ1n) is 6.63. The van der Waals surface area contributed by atoms with Crippen LogP contribution in [0.5, 0.6) is 0 Å². The normalized spacial score (nSPS) is 24.2. The molecule has 0 aliphatic heterocycles. The highest BCUT2D eigenvalue weighted by Crippen LogP contribution is 2.37. The second-order valence-corrected chi connectivity index (χ2v) is 5.97. The minimum absolute atomic E-state index is 0.0107. The molecule has 0 saturated heterocycles. The summed E-state index contributed by atoms with van der Waals surface area (Å²) >= 11 is 0. The average molecular weight is 295 g/mol. The minimum atomic E-state index is -4.33. The van der Waals surface area contributed by atoms with Gasteiger partial charge in [-0.3, -0.25) is 9.59 Å². The number of carbonyl (C=O) groups excluding carboxylic acids is 1. The van der Waals surface area contributed by atoms with E-state index >= 15 is 0 Å². The van der Waals surface area contributed by atoms with Crippen molar-refractivity contribution in [1.29, 1.82) is 0 Å². The second-order valence-electron chi connectivity index (χ2n) is 5.97. The predicted octanol–water partition coefficient (Wildman–Crippen LogP) is 2.72. The molecule has 0 heterocycles. The van der Waals surface area contributed by atoms with Crippen LogP contribution in [-0.2, 0) is 9.59 Å². The zero-order chi connectivity index (χ0) is 15.6. The first kappa shape index (κ1) is 16.8. The molecule has 20 heavy (non-hydrogen) atoms. The van der Waals surface area contributed by atoms with E-state index in [4.69, 9.17) is 5.11 Å². The maximum atomic E-state index is 12.9. The Morgan fingerprint density at radius 2 is 1.75 bits per heavy atom. The second kappa shape index (κ2) is 6.01. The standard InChI is InChI=1S/C13H20F3NO3/c1-12(2,11(19)20)7-10(18)17-9-6-4-3-5-8(9)13(14,15)16/h8-9H,3-7H2,1-2H3,(H,17,18)(H,19,20). The van der Waals surface area contributed by atoms with Crippen LogP contribution in [0.25, 0.3) is 0 Å². The lowest BCUT2D eigenvalue weighted by Crippen LogP contribution is -2.48. The molecule has 1 saturated carbocycles. The number of halogens is 3. The number of hydrogen-bond donors (Lipinski definition) is 2. The van der Waals surface area contributed by atoms with E-state index < -0.39 is 35.4 Å². The fourth-order valence-electron chi connectivity index (χ4n) is 2.43. The summed E-state index contributed by atoms with van der Waals surface area (Å²) in [7, 11) is 0. The molecule has 1 aliphatic rings. The summed E-state index contributed by atoms with van der Waals surface area (Å²) < 4.78 is 38.6. The third-order valence-electron chi connectivity index (χ3n) is 3.71. The lowest BCUT2D eigenvalue weighted by Gasteiger charge is -2.34. The van der Waals surface area contributed by atoms with Gasteiger partial charge < -0.3 is 10.4 Å². The maximum Gasteiger partial charge on any atom is 0.393 e. The van der Waals surface area contributed by atoms with Crippen molar-refractivity contribution in [2.75, 3.05) is 0 Å². The molecule has 0 aromatic carbocycles. The molecule has 7 heteroatoms. The summed E-state index contributed by atoms with van der Waals surface area (Å²) in [5, 5.41) is 11.3. The summed E-state index contributed by atoms with van der Waals surface area (Å²) in [4.78, 5) is 22.7. The summed E-state index contributed by atoms with van der Waals surface area (Å²) in [6, 6.07) is -0.944. The molecule has 1 rings (SSSR count). The van der Waals surface area contributed by atoms with E-state index in [1.165, 1.54) is 13.8 Å². The number of rotatable bonds is 4. The molecule has 0 spiro atoms. The summed E-state index contributed by atoms with van der Waals surface area (Å²) in [5.74, 6) is -3.32. The molecule has 116 valence electrons. The van der Waals surface area contributed by atoms with Gasteiger partial charge in [-0.05, 0) is 26.7 Å². The van der Waals surface area contributed by atoms with Crippen molar-refractivity contribution in [1.82, 2.24) is 5.32 Å². The zero-order valence-electron chi connectivity index (χ0n) is 11.6. The molecule has 2 atom stereocenters. The van der Waals surface area contributed by atoms with Crippen LogP contribution >= 0.6 is 0 Å². The Bertz CT molecular complexity index is 380. The molecule has 2 N–H and O–H groups in total. The van der Waals surface area contributed by atoms with E-state index in [1.54, 1.807) is 0 Å². The van der Waals surface area contributed by atoms with Crippen LogP contribution in [0.15, 0.2) is 0 Å². The lowest BCUT2D eigenvalue weighted by atomic mass is 9.83. The number of aliphatic carboxylic acids is 1. The van der Waals surface area contributed by atoms with Gasteiger partial charge in [-0.15, -0.1) is 0 Å². The van der Waals surface area contributed by atoms with Crippen molar-refractivity contribution in [2.45, 2.75) is 58.2 Å². The van der Waals surface area contributed by atoms with Gasteiger partial charge in [-0.25, -0.2) is 0 Å². The Balaban J connectivity index is 2.66. The van der Waals surface area contributed by atoms with Crippen molar-refractivity contribution in [3.8, 4) is 0 Å². The Morgan fingerprint density at radius 3 is 2.25 bits per heavy atom. The number of carboxylic acid groups (broad SMARTS) is 1. The molecule has 1 amide bonds. The van der Waals surface area contributed by atoms with Crippen molar-refractivity contribution in [3.63, 3.8) is 0 Å². The van der Waals surface area contributed by atoms with Gasteiger partial charge in [0, 0.05) is 12.5 Å². The SMILES string of the molecule is CC(C)(CC(=O)NC1CCCCC1C(F)(F)F)C(=O)O. The predicted molar refractivity (Wildman–Crippen MR) is 66.0 cm³/mol. The van der Waals surface area contributed by atoms with E-state index in [-0.39, 0.29) is 19.3 Å². The van der Waals surface area contributed by atoms with E-state index in [2.05, 4.69) is 5.32 Å². The highest BCUT2D eigenvalue weighted by Gasteiger charge is 2.46. The van der Waals surface area contributed by atoms with Crippen LogP contribution in [0.2, 0.25) is 0 Å². The Morgan fingerprint density at radius 1 is 1.20 bits per heavy atom. The quantitative estimate of drug-likeness (QED) is 0.838. The molecular weight excluding hydrogens is 275 g/mol. The third kappa shape index (κ3) is 4.38. The average Bonchev–Trinajstić information content (AvgIpc) is 2.26. The van der Waals surface area contributed by atoms with Gasteiger partial charge in [0.25, 0.3) is 0 Å². The molecule has 1 fully saturated rings. The minimum Gasteiger partial charge on any atom is -0.481 e. The molecule has 0 aromatic rings. The summed E-state index contributed by atoms with van der Waals surface area (Å²) in [5.41, 5.74) is -1.29. The van der Waals surface area contributed by atoms with Gasteiger partial charge in [-0.1, -0.05) is 12.8 Å². The van der Waals surface area contributed by atoms with Gasteiger partial charge in [0.2, 0.25) is 5.91 Å². The van der Waals surface area contributed by atoms with Crippen molar-refractivity contribution < 1.29 is 27.9 Å².